The summed E-state index contributed by atoms with van der Waals surface area (Å²) in [7, 11) is 0. The Kier molecular flexibility index (Phi) is 4.80. The van der Waals surface area contributed by atoms with E-state index in [-0.39, 0.29) is 5.82 Å². The molecule has 3 rings (SSSR count). The summed E-state index contributed by atoms with van der Waals surface area (Å²) in [6.07, 6.45) is 1.32. The molecule has 0 saturated carbocycles. The van der Waals surface area contributed by atoms with Crippen LogP contribution in [0.5, 0.6) is 0 Å². The first-order valence-electron chi connectivity index (χ1n) is 7.50. The predicted molar refractivity (Wildman–Crippen MR) is 94.7 cm³/mol. The lowest BCUT2D eigenvalue weighted by Gasteiger charge is -2.05. The number of carbonyl (C=O) groups excluding carboxylic acids is 2. The molecule has 0 heterocycles. The van der Waals surface area contributed by atoms with Crippen molar-refractivity contribution in [2.24, 2.45) is 5.10 Å². The minimum atomic E-state index is -0.897. The van der Waals surface area contributed by atoms with Gasteiger partial charge in [-0.25, -0.2) is 9.82 Å². The molecule has 0 spiro atoms. The predicted octanol–water partition coefficient (Wildman–Crippen LogP) is 3.07. The normalized spacial score (nSPS) is 10.8. The van der Waals surface area contributed by atoms with Crippen LogP contribution in [-0.2, 0) is 9.59 Å². The fraction of sp³-hybridized carbons (Fsp3) is 0. The van der Waals surface area contributed by atoms with Crippen molar-refractivity contribution in [3.05, 3.63) is 78.1 Å². The highest BCUT2D eigenvalue weighted by Crippen LogP contribution is 2.18. The van der Waals surface area contributed by atoms with E-state index in [2.05, 4.69) is 15.8 Å². The average molecular weight is 335 g/mol. The Bertz CT molecular complexity index is 952. The van der Waals surface area contributed by atoms with Crippen molar-refractivity contribution < 1.29 is 14.0 Å². The van der Waals surface area contributed by atoms with Crippen molar-refractivity contribution in [3.8, 4) is 0 Å². The van der Waals surface area contributed by atoms with Gasteiger partial charge in [0.15, 0.2) is 0 Å². The van der Waals surface area contributed by atoms with Crippen LogP contribution in [0.2, 0.25) is 0 Å². The number of nitrogens with zero attached hydrogens (tertiary/aromatic N) is 1. The van der Waals surface area contributed by atoms with E-state index in [1.807, 2.05) is 30.3 Å². The van der Waals surface area contributed by atoms with Gasteiger partial charge in [-0.3, -0.25) is 9.59 Å². The highest BCUT2D eigenvalue weighted by Gasteiger charge is 2.12. The number of benzene rings is 3. The van der Waals surface area contributed by atoms with Crippen LogP contribution in [0.3, 0.4) is 0 Å². The van der Waals surface area contributed by atoms with E-state index >= 15 is 0 Å². The molecule has 0 saturated heterocycles. The summed E-state index contributed by atoms with van der Waals surface area (Å²) in [5, 5.41) is 8.18. The highest BCUT2D eigenvalue weighted by molar-refractivity contribution is 6.39. The van der Waals surface area contributed by atoms with Gasteiger partial charge in [0.1, 0.15) is 5.82 Å². The maximum absolute atomic E-state index is 12.8. The zero-order valence-electron chi connectivity index (χ0n) is 13.1. The fourth-order valence-electron chi connectivity index (χ4n) is 2.22. The third-order valence-electron chi connectivity index (χ3n) is 3.46. The molecule has 2 N–H and O–H groups in total. The third kappa shape index (κ3) is 4.26. The maximum Gasteiger partial charge on any atom is 0.329 e. The number of nitrogens with one attached hydrogen (secondary N) is 2. The molecule has 0 aromatic heterocycles. The summed E-state index contributed by atoms with van der Waals surface area (Å²) in [5.41, 5.74) is 3.24. The van der Waals surface area contributed by atoms with Crippen LogP contribution >= 0.6 is 0 Å². The van der Waals surface area contributed by atoms with Crippen molar-refractivity contribution in [3.63, 3.8) is 0 Å². The summed E-state index contributed by atoms with van der Waals surface area (Å²) in [6, 6.07) is 18.6. The zero-order chi connectivity index (χ0) is 17.6. The van der Waals surface area contributed by atoms with Crippen LogP contribution in [-0.4, -0.2) is 18.0 Å². The number of halogens is 1. The topological polar surface area (TPSA) is 70.6 Å². The van der Waals surface area contributed by atoms with Crippen molar-refractivity contribution in [1.29, 1.82) is 0 Å². The third-order valence-corrected chi connectivity index (χ3v) is 3.46. The number of rotatable bonds is 3. The number of hydrogen-bond donors (Lipinski definition) is 2. The SMILES string of the molecule is O=C(NN=Cc1ccc(F)cc1)C(=O)Nc1ccc2ccccc2c1. The van der Waals surface area contributed by atoms with Gasteiger partial charge in [-0.2, -0.15) is 5.10 Å². The summed E-state index contributed by atoms with van der Waals surface area (Å²) >= 11 is 0. The van der Waals surface area contributed by atoms with Crippen LogP contribution in [0.25, 0.3) is 10.8 Å². The largest absolute Gasteiger partial charge is 0.329 e. The second-order valence-corrected chi connectivity index (χ2v) is 5.27. The molecule has 0 radical (unpaired) electrons. The Labute approximate surface area is 143 Å². The molecule has 0 bridgehead atoms. The standard InChI is InChI=1S/C19H14FN3O2/c20-16-8-5-13(6-9-16)12-21-23-19(25)18(24)22-17-10-7-14-3-1-2-4-15(14)11-17/h1-12H,(H,22,24)(H,23,25). The van der Waals surface area contributed by atoms with Gasteiger partial charge in [-0.1, -0.05) is 42.5 Å². The van der Waals surface area contributed by atoms with Gasteiger partial charge < -0.3 is 5.32 Å². The van der Waals surface area contributed by atoms with Crippen molar-refractivity contribution in [1.82, 2.24) is 5.43 Å². The molecule has 6 heteroatoms. The number of fused-ring (bicyclic) bond motifs is 1. The van der Waals surface area contributed by atoms with Gasteiger partial charge in [0, 0.05) is 5.69 Å². The number of hydrazone groups is 1. The van der Waals surface area contributed by atoms with Crippen LogP contribution in [0.1, 0.15) is 5.56 Å². The maximum atomic E-state index is 12.8. The van der Waals surface area contributed by atoms with Gasteiger partial charge in [-0.15, -0.1) is 0 Å². The first-order valence-corrected chi connectivity index (χ1v) is 7.50. The van der Waals surface area contributed by atoms with Crippen LogP contribution in [0.15, 0.2) is 71.8 Å². The Morgan fingerprint density at radius 2 is 1.60 bits per heavy atom. The second kappa shape index (κ2) is 7.35. The number of carbonyl (C=O) groups is 2. The van der Waals surface area contributed by atoms with Gasteiger partial charge in [0.05, 0.1) is 6.21 Å². The van der Waals surface area contributed by atoms with Gasteiger partial charge in [0.25, 0.3) is 0 Å². The van der Waals surface area contributed by atoms with E-state index in [4.69, 9.17) is 0 Å². The Balaban J connectivity index is 1.59. The molecule has 5 nitrogen and oxygen atoms in total. The quantitative estimate of drug-likeness (QED) is 0.439. The van der Waals surface area contributed by atoms with E-state index in [1.165, 1.54) is 30.5 Å². The number of amides is 2. The molecular weight excluding hydrogens is 321 g/mol. The Hall–Kier alpha value is -3.54. The lowest BCUT2D eigenvalue weighted by atomic mass is 10.1. The molecule has 2 amide bonds. The average Bonchev–Trinajstić information content (AvgIpc) is 2.63. The summed E-state index contributed by atoms with van der Waals surface area (Å²) in [5.74, 6) is -2.09. The van der Waals surface area contributed by atoms with Gasteiger partial charge in [-0.05, 0) is 40.6 Å². The zero-order valence-corrected chi connectivity index (χ0v) is 13.1. The summed E-state index contributed by atoms with van der Waals surface area (Å²) in [6.45, 7) is 0. The monoisotopic (exact) mass is 335 g/mol. The Morgan fingerprint density at radius 1 is 0.880 bits per heavy atom. The minimum Gasteiger partial charge on any atom is -0.318 e. The fourth-order valence-corrected chi connectivity index (χ4v) is 2.22. The smallest absolute Gasteiger partial charge is 0.318 e. The molecular formula is C19H14FN3O2. The van der Waals surface area contributed by atoms with E-state index in [0.29, 0.717) is 11.3 Å². The van der Waals surface area contributed by atoms with Crippen LogP contribution in [0.4, 0.5) is 10.1 Å². The van der Waals surface area contributed by atoms with Crippen LogP contribution in [0, 0.1) is 5.82 Å². The molecule has 0 unspecified atom stereocenters. The van der Waals surface area contributed by atoms with Crippen molar-refractivity contribution in [2.75, 3.05) is 5.32 Å². The minimum absolute atomic E-state index is 0.365. The molecule has 0 aliphatic rings. The van der Waals surface area contributed by atoms with E-state index in [0.717, 1.165) is 10.8 Å². The molecule has 0 fully saturated rings. The molecule has 0 atom stereocenters. The second-order valence-electron chi connectivity index (χ2n) is 5.27. The van der Waals surface area contributed by atoms with E-state index in [1.54, 1.807) is 12.1 Å². The molecule has 124 valence electrons. The lowest BCUT2D eigenvalue weighted by Crippen LogP contribution is -2.32. The molecule has 25 heavy (non-hydrogen) atoms. The number of hydrogen-bond acceptors (Lipinski definition) is 3. The van der Waals surface area contributed by atoms with E-state index in [9.17, 15) is 14.0 Å². The molecule has 3 aromatic rings. The Morgan fingerprint density at radius 3 is 2.36 bits per heavy atom. The van der Waals surface area contributed by atoms with Gasteiger partial charge in [0.2, 0.25) is 0 Å². The van der Waals surface area contributed by atoms with Crippen molar-refractivity contribution in [2.45, 2.75) is 0 Å². The van der Waals surface area contributed by atoms with Crippen LogP contribution < -0.4 is 10.7 Å². The molecule has 3 aromatic carbocycles. The van der Waals surface area contributed by atoms with Crippen molar-refractivity contribution >= 4 is 34.5 Å². The summed E-state index contributed by atoms with van der Waals surface area (Å²) < 4.78 is 12.8. The molecule has 0 aliphatic heterocycles. The first-order chi connectivity index (χ1) is 12.1. The lowest BCUT2D eigenvalue weighted by molar-refractivity contribution is -0.136. The summed E-state index contributed by atoms with van der Waals surface area (Å²) in [4.78, 5) is 23.6. The van der Waals surface area contributed by atoms with Gasteiger partial charge >= 0.3 is 11.8 Å². The molecule has 0 aliphatic carbocycles. The highest BCUT2D eigenvalue weighted by atomic mass is 19.1. The van der Waals surface area contributed by atoms with E-state index < -0.39 is 11.8 Å². The first kappa shape index (κ1) is 16.3. The number of anilines is 1.